The van der Waals surface area contributed by atoms with Crippen molar-refractivity contribution in [3.8, 4) is 0 Å². The molecule has 0 fully saturated rings. The first-order chi connectivity index (χ1) is 11.0. The number of guanidine groups is 1. The average Bonchev–Trinajstić information content (AvgIpc) is 2.54. The Bertz CT molecular complexity index is 605. The summed E-state index contributed by atoms with van der Waals surface area (Å²) < 4.78 is 38.5. The highest BCUT2D eigenvalue weighted by molar-refractivity contribution is 7.89. The first kappa shape index (κ1) is 19.4. The quantitative estimate of drug-likeness (QED) is 0.353. The van der Waals surface area contributed by atoms with E-state index in [2.05, 4.69) is 20.3 Å². The van der Waals surface area contributed by atoms with Gasteiger partial charge in [0, 0.05) is 26.7 Å². The lowest BCUT2D eigenvalue weighted by atomic mass is 10.1. The maximum Gasteiger partial charge on any atom is 0.211 e. The fraction of sp³-hybridized carbons (Fsp3) is 0.533. The number of nitrogens with one attached hydrogen (secondary N) is 3. The number of sulfonamides is 1. The zero-order valence-corrected chi connectivity index (χ0v) is 14.4. The molecule has 0 heterocycles. The number of rotatable bonds is 9. The van der Waals surface area contributed by atoms with E-state index in [0.29, 0.717) is 44.0 Å². The summed E-state index contributed by atoms with van der Waals surface area (Å²) in [4.78, 5) is 4.07. The van der Waals surface area contributed by atoms with E-state index in [1.54, 1.807) is 26.1 Å². The van der Waals surface area contributed by atoms with Crippen molar-refractivity contribution in [2.24, 2.45) is 4.99 Å². The molecule has 8 heteroatoms. The lowest BCUT2D eigenvalue weighted by Crippen LogP contribution is -2.39. The molecule has 0 aromatic heterocycles. The SMILES string of the molecule is CCS(=O)(=O)NCCCNC(=NC)NCCc1ccccc1F. The number of aliphatic imine (C=N–C) groups is 1. The molecule has 0 saturated heterocycles. The summed E-state index contributed by atoms with van der Waals surface area (Å²) in [7, 11) is -1.48. The van der Waals surface area contributed by atoms with Crippen molar-refractivity contribution in [2.45, 2.75) is 19.8 Å². The topological polar surface area (TPSA) is 82.6 Å². The van der Waals surface area contributed by atoms with Crippen molar-refractivity contribution in [3.05, 3.63) is 35.6 Å². The number of hydrogen-bond donors (Lipinski definition) is 3. The van der Waals surface area contributed by atoms with E-state index in [-0.39, 0.29) is 11.6 Å². The van der Waals surface area contributed by atoms with Gasteiger partial charge in [0.2, 0.25) is 10.0 Å². The van der Waals surface area contributed by atoms with Crippen LogP contribution in [0, 0.1) is 5.82 Å². The smallest absolute Gasteiger partial charge is 0.211 e. The minimum Gasteiger partial charge on any atom is -0.356 e. The van der Waals surface area contributed by atoms with Crippen LogP contribution < -0.4 is 15.4 Å². The molecule has 0 aliphatic heterocycles. The van der Waals surface area contributed by atoms with E-state index in [0.717, 1.165) is 0 Å². The Hall–Kier alpha value is -1.67. The minimum absolute atomic E-state index is 0.0830. The molecule has 6 nitrogen and oxygen atoms in total. The summed E-state index contributed by atoms with van der Waals surface area (Å²) >= 11 is 0. The summed E-state index contributed by atoms with van der Waals surface area (Å²) in [5.74, 6) is 0.486. The third kappa shape index (κ3) is 7.94. The predicted octanol–water partition coefficient (Wildman–Crippen LogP) is 0.863. The molecule has 0 aliphatic rings. The third-order valence-electron chi connectivity index (χ3n) is 3.22. The van der Waals surface area contributed by atoms with Crippen molar-refractivity contribution >= 4 is 16.0 Å². The molecule has 0 amide bonds. The molecule has 3 N–H and O–H groups in total. The summed E-state index contributed by atoms with van der Waals surface area (Å²) in [6, 6.07) is 6.68. The van der Waals surface area contributed by atoms with Crippen molar-refractivity contribution < 1.29 is 12.8 Å². The Balaban J connectivity index is 2.21. The van der Waals surface area contributed by atoms with Crippen LogP contribution in [-0.4, -0.2) is 46.8 Å². The van der Waals surface area contributed by atoms with Crippen LogP contribution in [0.5, 0.6) is 0 Å². The zero-order chi connectivity index (χ0) is 17.1. The van der Waals surface area contributed by atoms with Gasteiger partial charge in [-0.3, -0.25) is 4.99 Å². The first-order valence-electron chi connectivity index (χ1n) is 7.63. The van der Waals surface area contributed by atoms with Crippen molar-refractivity contribution in [1.82, 2.24) is 15.4 Å². The molecule has 1 aromatic rings. The molecule has 0 bridgehead atoms. The number of nitrogens with zero attached hydrogens (tertiary/aromatic N) is 1. The van der Waals surface area contributed by atoms with Crippen LogP contribution in [0.25, 0.3) is 0 Å². The zero-order valence-electron chi connectivity index (χ0n) is 13.6. The lowest BCUT2D eigenvalue weighted by molar-refractivity contribution is 0.579. The molecule has 23 heavy (non-hydrogen) atoms. The summed E-state index contributed by atoms with van der Waals surface area (Å²) in [5, 5.41) is 6.18. The monoisotopic (exact) mass is 344 g/mol. The molecule has 1 rings (SSSR count). The number of halogens is 1. The van der Waals surface area contributed by atoms with Gasteiger partial charge in [0.1, 0.15) is 5.82 Å². The first-order valence-corrected chi connectivity index (χ1v) is 9.29. The highest BCUT2D eigenvalue weighted by atomic mass is 32.2. The van der Waals surface area contributed by atoms with Crippen LogP contribution in [0.1, 0.15) is 18.9 Å². The molecule has 0 radical (unpaired) electrons. The molecule has 0 aliphatic carbocycles. The predicted molar refractivity (Wildman–Crippen MR) is 91.5 cm³/mol. The van der Waals surface area contributed by atoms with Gasteiger partial charge >= 0.3 is 0 Å². The van der Waals surface area contributed by atoms with Crippen molar-refractivity contribution in [2.75, 3.05) is 32.4 Å². The van der Waals surface area contributed by atoms with Gasteiger partial charge in [0.15, 0.2) is 5.96 Å². The summed E-state index contributed by atoms with van der Waals surface area (Å²) in [5.41, 5.74) is 0.657. The highest BCUT2D eigenvalue weighted by Gasteiger charge is 2.05. The number of benzene rings is 1. The maximum atomic E-state index is 13.5. The van der Waals surface area contributed by atoms with Crippen LogP contribution in [-0.2, 0) is 16.4 Å². The second-order valence-corrected chi connectivity index (χ2v) is 7.01. The number of hydrogen-bond acceptors (Lipinski definition) is 3. The minimum atomic E-state index is -3.13. The second kappa shape index (κ2) is 10.2. The molecular weight excluding hydrogens is 319 g/mol. The van der Waals surface area contributed by atoms with Crippen LogP contribution in [0.15, 0.2) is 29.3 Å². The average molecular weight is 344 g/mol. The fourth-order valence-corrected chi connectivity index (χ4v) is 2.52. The molecule has 1 aromatic carbocycles. The van der Waals surface area contributed by atoms with Gasteiger partial charge < -0.3 is 10.6 Å². The molecule has 0 unspecified atom stereocenters. The van der Waals surface area contributed by atoms with E-state index >= 15 is 0 Å². The molecule has 0 atom stereocenters. The molecule has 0 spiro atoms. The Morgan fingerprint density at radius 1 is 1.17 bits per heavy atom. The largest absolute Gasteiger partial charge is 0.356 e. The molecule has 130 valence electrons. The normalized spacial score (nSPS) is 12.2. The summed E-state index contributed by atoms with van der Waals surface area (Å²) in [6.07, 6.45) is 1.21. The van der Waals surface area contributed by atoms with Gasteiger partial charge in [-0.2, -0.15) is 0 Å². The molecular formula is C15H25FN4O2S. The maximum absolute atomic E-state index is 13.5. The summed E-state index contributed by atoms with van der Waals surface area (Å²) in [6.45, 7) is 3.13. The van der Waals surface area contributed by atoms with Gasteiger partial charge in [-0.05, 0) is 31.4 Å². The Labute approximate surface area is 137 Å². The van der Waals surface area contributed by atoms with Crippen molar-refractivity contribution in [1.29, 1.82) is 0 Å². The van der Waals surface area contributed by atoms with E-state index in [9.17, 15) is 12.8 Å². The van der Waals surface area contributed by atoms with Crippen LogP contribution in [0.4, 0.5) is 4.39 Å². The second-order valence-electron chi connectivity index (χ2n) is 4.92. The van der Waals surface area contributed by atoms with Gasteiger partial charge in [0.05, 0.1) is 5.75 Å². The Morgan fingerprint density at radius 2 is 1.87 bits per heavy atom. The fourth-order valence-electron chi connectivity index (χ4n) is 1.86. The van der Waals surface area contributed by atoms with Gasteiger partial charge in [-0.1, -0.05) is 18.2 Å². The van der Waals surface area contributed by atoms with E-state index in [1.807, 2.05) is 6.07 Å². The standard InChI is InChI=1S/C15H25FN4O2S/c1-3-23(21,22)20-11-6-10-18-15(17-2)19-12-9-13-7-4-5-8-14(13)16/h4-5,7-8,20H,3,6,9-12H2,1-2H3,(H2,17,18,19). The highest BCUT2D eigenvalue weighted by Crippen LogP contribution is 2.05. The van der Waals surface area contributed by atoms with Gasteiger partial charge in [-0.15, -0.1) is 0 Å². The lowest BCUT2D eigenvalue weighted by Gasteiger charge is -2.12. The Kier molecular flexibility index (Phi) is 8.57. The molecule has 0 saturated carbocycles. The van der Waals surface area contributed by atoms with Crippen LogP contribution in [0.3, 0.4) is 0 Å². The van der Waals surface area contributed by atoms with E-state index in [4.69, 9.17) is 0 Å². The van der Waals surface area contributed by atoms with Crippen LogP contribution >= 0.6 is 0 Å². The van der Waals surface area contributed by atoms with Gasteiger partial charge in [0.25, 0.3) is 0 Å². The third-order valence-corrected chi connectivity index (χ3v) is 4.62. The Morgan fingerprint density at radius 3 is 2.52 bits per heavy atom. The van der Waals surface area contributed by atoms with E-state index < -0.39 is 10.0 Å². The van der Waals surface area contributed by atoms with Gasteiger partial charge in [-0.25, -0.2) is 17.5 Å². The van der Waals surface area contributed by atoms with E-state index in [1.165, 1.54) is 6.07 Å². The van der Waals surface area contributed by atoms with Crippen LogP contribution in [0.2, 0.25) is 0 Å². The van der Waals surface area contributed by atoms with Crippen molar-refractivity contribution in [3.63, 3.8) is 0 Å².